The first-order chi connectivity index (χ1) is 18.8. The molecular formula is C33H28ClF3O2S. The molecule has 7 heteroatoms. The predicted molar refractivity (Wildman–Crippen MR) is 155 cm³/mol. The van der Waals surface area contributed by atoms with Gasteiger partial charge in [-0.2, -0.15) is 13.2 Å². The summed E-state index contributed by atoms with van der Waals surface area (Å²) in [6.07, 6.45) is 0.706. The maximum atomic E-state index is 14.3. The first kappa shape index (κ1) is 27.1. The van der Waals surface area contributed by atoms with Gasteiger partial charge < -0.3 is 0 Å². The number of alkyl halides is 3. The normalized spacial score (nSPS) is 22.1. The zero-order chi connectivity index (χ0) is 28.4. The van der Waals surface area contributed by atoms with Gasteiger partial charge in [-0.05, 0) is 93.6 Å². The van der Waals surface area contributed by atoms with E-state index in [1.54, 1.807) is 0 Å². The summed E-state index contributed by atoms with van der Waals surface area (Å²) in [6.45, 7) is 4.08. The van der Waals surface area contributed by atoms with Crippen LogP contribution in [0.1, 0.15) is 49.3 Å². The highest BCUT2D eigenvalue weighted by molar-refractivity contribution is 7.92. The molecular weight excluding hydrogens is 553 g/mol. The smallest absolute Gasteiger partial charge is 0.223 e. The molecule has 3 unspecified atom stereocenters. The minimum absolute atomic E-state index is 0.0685. The van der Waals surface area contributed by atoms with Gasteiger partial charge in [0.15, 0.2) is 9.84 Å². The van der Waals surface area contributed by atoms with Crippen LogP contribution >= 0.6 is 11.6 Å². The van der Waals surface area contributed by atoms with Crippen molar-refractivity contribution in [1.82, 2.24) is 0 Å². The van der Waals surface area contributed by atoms with Crippen LogP contribution in [0.15, 0.2) is 89.8 Å². The second kappa shape index (κ2) is 9.49. The number of benzene rings is 4. The van der Waals surface area contributed by atoms with E-state index in [2.05, 4.69) is 24.3 Å². The highest BCUT2D eigenvalue weighted by Crippen LogP contribution is 2.54. The SMILES string of the molecule is CC1(C)CC2C=Cc3c(cc(-c4ccc(Cl)cc4)c4ccccc34)C2C(S(=O)(=O)c2cccc(C(F)(F)F)c2)C1. The number of halogens is 4. The largest absolute Gasteiger partial charge is 0.416 e. The van der Waals surface area contributed by atoms with Crippen molar-refractivity contribution >= 4 is 38.3 Å². The number of allylic oxidation sites excluding steroid dienone is 1. The molecule has 0 amide bonds. The number of sulfone groups is 1. The van der Waals surface area contributed by atoms with Gasteiger partial charge in [0.1, 0.15) is 0 Å². The van der Waals surface area contributed by atoms with Gasteiger partial charge in [-0.15, -0.1) is 0 Å². The molecule has 3 atom stereocenters. The molecule has 1 saturated carbocycles. The van der Waals surface area contributed by atoms with E-state index in [1.165, 1.54) is 12.1 Å². The molecule has 2 nitrogen and oxygen atoms in total. The minimum atomic E-state index is -4.63. The van der Waals surface area contributed by atoms with Crippen molar-refractivity contribution in [2.75, 3.05) is 0 Å². The lowest BCUT2D eigenvalue weighted by Gasteiger charge is -2.47. The fraction of sp³-hybridized carbons (Fsp3) is 0.273. The van der Waals surface area contributed by atoms with Crippen LogP contribution in [0.4, 0.5) is 13.2 Å². The van der Waals surface area contributed by atoms with E-state index in [-0.39, 0.29) is 16.2 Å². The first-order valence-electron chi connectivity index (χ1n) is 13.3. The van der Waals surface area contributed by atoms with Crippen molar-refractivity contribution in [1.29, 1.82) is 0 Å². The lowest BCUT2D eigenvalue weighted by atomic mass is 9.62. The van der Waals surface area contributed by atoms with E-state index in [0.29, 0.717) is 11.4 Å². The number of hydrogen-bond acceptors (Lipinski definition) is 2. The molecule has 0 saturated heterocycles. The third-order valence-electron chi connectivity index (χ3n) is 8.44. The molecule has 206 valence electrons. The Labute approximate surface area is 237 Å². The highest BCUT2D eigenvalue weighted by atomic mass is 35.5. The average molecular weight is 581 g/mol. The highest BCUT2D eigenvalue weighted by Gasteiger charge is 2.49. The second-order valence-electron chi connectivity index (χ2n) is 11.7. The lowest BCUT2D eigenvalue weighted by Crippen LogP contribution is -2.43. The Bertz CT molecular complexity index is 1760. The van der Waals surface area contributed by atoms with Crippen LogP contribution in [0.5, 0.6) is 0 Å². The van der Waals surface area contributed by atoms with Crippen molar-refractivity contribution in [3.63, 3.8) is 0 Å². The monoisotopic (exact) mass is 580 g/mol. The summed E-state index contributed by atoms with van der Waals surface area (Å²) in [5.41, 5.74) is 2.56. The van der Waals surface area contributed by atoms with Crippen molar-refractivity contribution in [3.8, 4) is 11.1 Å². The molecule has 0 radical (unpaired) electrons. The Morgan fingerprint density at radius 3 is 2.27 bits per heavy atom. The Morgan fingerprint density at radius 2 is 1.57 bits per heavy atom. The topological polar surface area (TPSA) is 34.1 Å². The molecule has 0 bridgehead atoms. The number of fused-ring (bicyclic) bond motifs is 5. The van der Waals surface area contributed by atoms with Crippen molar-refractivity contribution in [2.45, 2.75) is 48.9 Å². The Balaban J connectivity index is 1.57. The predicted octanol–water partition coefficient (Wildman–Crippen LogP) is 9.57. The first-order valence-corrected chi connectivity index (χ1v) is 15.2. The summed E-state index contributed by atoms with van der Waals surface area (Å²) in [7, 11) is -4.12. The van der Waals surface area contributed by atoms with Gasteiger partial charge >= 0.3 is 6.18 Å². The standard InChI is InChI=1S/C33H28ClF3O2S/c1-32(2)18-21-12-15-27-25-8-3-4-9-26(25)28(20-10-13-23(34)14-11-20)17-29(27)31(21)30(19-32)40(38,39)24-7-5-6-22(16-24)33(35,36)37/h3-17,21,30-31H,18-19H2,1-2H3. The molecule has 4 aromatic rings. The van der Waals surface area contributed by atoms with Gasteiger partial charge in [-0.3, -0.25) is 0 Å². The van der Waals surface area contributed by atoms with Crippen LogP contribution in [-0.4, -0.2) is 13.7 Å². The Kier molecular flexibility index (Phi) is 6.43. The van der Waals surface area contributed by atoms with Crippen LogP contribution < -0.4 is 0 Å². The van der Waals surface area contributed by atoms with E-state index in [0.717, 1.165) is 51.6 Å². The molecule has 0 N–H and O–H groups in total. The third kappa shape index (κ3) is 4.65. The molecule has 0 aromatic heterocycles. The van der Waals surface area contributed by atoms with Crippen LogP contribution in [0.25, 0.3) is 28.0 Å². The fourth-order valence-corrected chi connectivity index (χ4v) is 9.15. The molecule has 4 aromatic carbocycles. The molecule has 0 spiro atoms. The third-order valence-corrected chi connectivity index (χ3v) is 10.9. The summed E-state index contributed by atoms with van der Waals surface area (Å²) < 4.78 is 69.2. The van der Waals surface area contributed by atoms with Gasteiger partial charge in [0.25, 0.3) is 0 Å². The van der Waals surface area contributed by atoms with Gasteiger partial charge in [-0.1, -0.05) is 80.1 Å². The van der Waals surface area contributed by atoms with Crippen molar-refractivity contribution in [2.24, 2.45) is 11.3 Å². The van der Waals surface area contributed by atoms with E-state index < -0.39 is 32.7 Å². The van der Waals surface area contributed by atoms with Gasteiger partial charge in [0.2, 0.25) is 0 Å². The maximum absolute atomic E-state index is 14.3. The van der Waals surface area contributed by atoms with Crippen molar-refractivity contribution < 1.29 is 21.6 Å². The quantitative estimate of drug-likeness (QED) is 0.242. The lowest BCUT2D eigenvalue weighted by molar-refractivity contribution is -0.137. The summed E-state index contributed by atoms with van der Waals surface area (Å²) in [5, 5.41) is 1.79. The molecule has 2 aliphatic carbocycles. The van der Waals surface area contributed by atoms with Gasteiger partial charge in [0.05, 0.1) is 15.7 Å². The van der Waals surface area contributed by atoms with E-state index in [1.807, 2.05) is 56.3 Å². The molecule has 1 fully saturated rings. The van der Waals surface area contributed by atoms with Crippen LogP contribution in [0, 0.1) is 11.3 Å². The van der Waals surface area contributed by atoms with E-state index in [4.69, 9.17) is 11.6 Å². The molecule has 6 rings (SSSR count). The summed E-state index contributed by atoms with van der Waals surface area (Å²) in [6, 6.07) is 21.9. The second-order valence-corrected chi connectivity index (χ2v) is 14.3. The molecule has 2 aliphatic rings. The molecule has 0 aliphatic heterocycles. The summed E-state index contributed by atoms with van der Waals surface area (Å²) in [5.74, 6) is -0.468. The van der Waals surface area contributed by atoms with E-state index >= 15 is 0 Å². The van der Waals surface area contributed by atoms with Gasteiger partial charge in [0, 0.05) is 10.9 Å². The molecule has 0 heterocycles. The summed E-state index contributed by atoms with van der Waals surface area (Å²) >= 11 is 6.17. The van der Waals surface area contributed by atoms with Crippen molar-refractivity contribution in [3.05, 3.63) is 107 Å². The average Bonchev–Trinajstić information content (AvgIpc) is 2.91. The zero-order valence-corrected chi connectivity index (χ0v) is 23.6. The van der Waals surface area contributed by atoms with Crippen LogP contribution in [0.2, 0.25) is 5.02 Å². The van der Waals surface area contributed by atoms with Crippen LogP contribution in [0.3, 0.4) is 0 Å². The minimum Gasteiger partial charge on any atom is -0.223 e. The zero-order valence-electron chi connectivity index (χ0n) is 22.0. The molecule has 40 heavy (non-hydrogen) atoms. The summed E-state index contributed by atoms with van der Waals surface area (Å²) in [4.78, 5) is -0.279. The Hall–Kier alpha value is -3.09. The van der Waals surface area contributed by atoms with E-state index in [9.17, 15) is 21.6 Å². The van der Waals surface area contributed by atoms with Gasteiger partial charge in [-0.25, -0.2) is 8.42 Å². The number of rotatable bonds is 3. The number of hydrogen-bond donors (Lipinski definition) is 0. The van der Waals surface area contributed by atoms with Crippen LogP contribution in [-0.2, 0) is 16.0 Å². The maximum Gasteiger partial charge on any atom is 0.416 e. The Morgan fingerprint density at radius 1 is 0.875 bits per heavy atom. The fourth-order valence-electron chi connectivity index (χ4n) is 6.71.